The van der Waals surface area contributed by atoms with Crippen molar-refractivity contribution in [3.63, 3.8) is 0 Å². The van der Waals surface area contributed by atoms with E-state index in [1.807, 2.05) is 0 Å². The molecular weight excluding hydrogens is 229 g/mol. The van der Waals surface area contributed by atoms with E-state index in [4.69, 9.17) is 5.73 Å². The van der Waals surface area contributed by atoms with Crippen LogP contribution in [0.15, 0.2) is 18.2 Å². The van der Waals surface area contributed by atoms with Crippen LogP contribution in [0.1, 0.15) is 13.8 Å². The Morgan fingerprint density at radius 2 is 1.89 bits per heavy atom. The molecule has 0 atom stereocenters. The molecule has 3 nitrogen and oxygen atoms in total. The molecule has 18 heavy (non-hydrogen) atoms. The standard InChI is InChI=1S/C14H20FN3/c1-10(2)17-6-14(7-17)8-18(9-14)13-4-3-11(16)5-12(13)15/h3-5,10H,6-9,16H2,1-2H3. The smallest absolute Gasteiger partial charge is 0.148 e. The molecule has 4 heteroatoms. The lowest BCUT2D eigenvalue weighted by Gasteiger charge is -2.62. The summed E-state index contributed by atoms with van der Waals surface area (Å²) in [4.78, 5) is 4.59. The van der Waals surface area contributed by atoms with E-state index in [1.54, 1.807) is 12.1 Å². The van der Waals surface area contributed by atoms with Gasteiger partial charge in [0.15, 0.2) is 0 Å². The highest BCUT2D eigenvalue weighted by Gasteiger charge is 2.52. The minimum Gasteiger partial charge on any atom is -0.399 e. The van der Waals surface area contributed by atoms with E-state index < -0.39 is 0 Å². The number of benzene rings is 1. The van der Waals surface area contributed by atoms with Crippen molar-refractivity contribution in [2.75, 3.05) is 36.8 Å². The summed E-state index contributed by atoms with van der Waals surface area (Å²) in [6.45, 7) is 8.69. The van der Waals surface area contributed by atoms with Crippen molar-refractivity contribution in [1.82, 2.24) is 4.90 Å². The lowest BCUT2D eigenvalue weighted by molar-refractivity contribution is -0.0413. The molecule has 3 rings (SSSR count). The topological polar surface area (TPSA) is 32.5 Å². The van der Waals surface area contributed by atoms with Gasteiger partial charge in [-0.25, -0.2) is 4.39 Å². The molecule has 0 radical (unpaired) electrons. The molecule has 0 bridgehead atoms. The lowest BCUT2D eigenvalue weighted by Crippen LogP contribution is -2.73. The summed E-state index contributed by atoms with van der Waals surface area (Å²) in [7, 11) is 0. The molecule has 2 saturated heterocycles. The largest absolute Gasteiger partial charge is 0.399 e. The first kappa shape index (κ1) is 11.8. The van der Waals surface area contributed by atoms with E-state index in [-0.39, 0.29) is 5.82 Å². The number of anilines is 2. The first-order valence-electron chi connectivity index (χ1n) is 6.53. The summed E-state index contributed by atoms with van der Waals surface area (Å²) >= 11 is 0. The average molecular weight is 249 g/mol. The van der Waals surface area contributed by atoms with Crippen molar-refractivity contribution in [2.45, 2.75) is 19.9 Å². The Bertz CT molecular complexity index is 458. The van der Waals surface area contributed by atoms with Crippen LogP contribution >= 0.6 is 0 Å². The van der Waals surface area contributed by atoms with Gasteiger partial charge in [0.25, 0.3) is 0 Å². The number of nitrogens with zero attached hydrogens (tertiary/aromatic N) is 2. The van der Waals surface area contributed by atoms with E-state index in [0.29, 0.717) is 22.8 Å². The third-order valence-corrected chi connectivity index (χ3v) is 4.17. The zero-order chi connectivity index (χ0) is 12.9. The summed E-state index contributed by atoms with van der Waals surface area (Å²) in [5.74, 6) is -0.204. The predicted molar refractivity (Wildman–Crippen MR) is 72.2 cm³/mol. The van der Waals surface area contributed by atoms with Crippen molar-refractivity contribution in [3.8, 4) is 0 Å². The van der Waals surface area contributed by atoms with Crippen molar-refractivity contribution in [3.05, 3.63) is 24.0 Å². The van der Waals surface area contributed by atoms with Gasteiger partial charge in [0.1, 0.15) is 5.82 Å². The van der Waals surface area contributed by atoms with Crippen LogP contribution in [0.25, 0.3) is 0 Å². The van der Waals surface area contributed by atoms with Gasteiger partial charge >= 0.3 is 0 Å². The number of likely N-dealkylation sites (tertiary alicyclic amines) is 1. The van der Waals surface area contributed by atoms with E-state index in [1.165, 1.54) is 6.07 Å². The normalized spacial score (nSPS) is 22.1. The second-order valence-electron chi connectivity index (χ2n) is 6.07. The molecule has 98 valence electrons. The first-order chi connectivity index (χ1) is 8.49. The molecule has 1 aromatic carbocycles. The second-order valence-corrected chi connectivity index (χ2v) is 6.07. The molecule has 1 spiro atoms. The fraction of sp³-hybridized carbons (Fsp3) is 0.571. The molecule has 0 amide bonds. The molecule has 2 aliphatic rings. The zero-order valence-electron chi connectivity index (χ0n) is 11.0. The molecule has 1 aromatic rings. The maximum Gasteiger partial charge on any atom is 0.148 e. The minimum absolute atomic E-state index is 0.204. The van der Waals surface area contributed by atoms with E-state index >= 15 is 0 Å². The number of hydrogen-bond donors (Lipinski definition) is 1. The molecule has 2 N–H and O–H groups in total. The summed E-state index contributed by atoms with van der Waals surface area (Å²) in [5.41, 5.74) is 7.16. The maximum absolute atomic E-state index is 13.8. The summed E-state index contributed by atoms with van der Waals surface area (Å²) < 4.78 is 13.8. The fourth-order valence-electron chi connectivity index (χ4n) is 3.09. The van der Waals surface area contributed by atoms with E-state index in [2.05, 4.69) is 23.6 Å². The average Bonchev–Trinajstić information content (AvgIpc) is 2.15. The van der Waals surface area contributed by atoms with Crippen LogP contribution in [0.4, 0.5) is 15.8 Å². The van der Waals surface area contributed by atoms with Crippen LogP contribution < -0.4 is 10.6 Å². The van der Waals surface area contributed by atoms with Crippen LogP contribution in [0.3, 0.4) is 0 Å². The summed E-state index contributed by atoms with van der Waals surface area (Å²) in [6.07, 6.45) is 0. The van der Waals surface area contributed by atoms with Crippen molar-refractivity contribution < 1.29 is 4.39 Å². The Labute approximate surface area is 107 Å². The highest BCUT2D eigenvalue weighted by atomic mass is 19.1. The Balaban J connectivity index is 1.63. The van der Waals surface area contributed by atoms with Crippen molar-refractivity contribution in [1.29, 1.82) is 0 Å². The second kappa shape index (κ2) is 3.85. The highest BCUT2D eigenvalue weighted by Crippen LogP contribution is 2.43. The molecular formula is C14H20FN3. The monoisotopic (exact) mass is 249 g/mol. The maximum atomic E-state index is 13.8. The lowest BCUT2D eigenvalue weighted by atomic mass is 9.72. The third kappa shape index (κ3) is 1.75. The first-order valence-corrected chi connectivity index (χ1v) is 6.53. The van der Waals surface area contributed by atoms with Crippen LogP contribution in [0.5, 0.6) is 0 Å². The van der Waals surface area contributed by atoms with Gasteiger partial charge in [-0.2, -0.15) is 0 Å². The fourth-order valence-corrected chi connectivity index (χ4v) is 3.09. The predicted octanol–water partition coefficient (Wildman–Crippen LogP) is 1.94. The zero-order valence-corrected chi connectivity index (χ0v) is 11.0. The quantitative estimate of drug-likeness (QED) is 0.813. The molecule has 0 aliphatic carbocycles. The summed E-state index contributed by atoms with van der Waals surface area (Å²) in [6, 6.07) is 5.58. The van der Waals surface area contributed by atoms with Gasteiger partial charge in [-0.3, -0.25) is 4.90 Å². The Morgan fingerprint density at radius 1 is 1.22 bits per heavy atom. The van der Waals surface area contributed by atoms with Gasteiger partial charge in [0, 0.05) is 43.3 Å². The van der Waals surface area contributed by atoms with Crippen LogP contribution in [-0.2, 0) is 0 Å². The Hall–Kier alpha value is -1.29. The number of nitrogen functional groups attached to an aromatic ring is 1. The number of halogens is 1. The van der Waals surface area contributed by atoms with Crippen LogP contribution in [0.2, 0.25) is 0 Å². The van der Waals surface area contributed by atoms with Crippen molar-refractivity contribution in [2.24, 2.45) is 5.41 Å². The molecule has 0 saturated carbocycles. The molecule has 0 aromatic heterocycles. The molecule has 0 unspecified atom stereocenters. The molecule has 2 aliphatic heterocycles. The van der Waals surface area contributed by atoms with Gasteiger partial charge in [0.05, 0.1) is 5.69 Å². The number of rotatable bonds is 2. The third-order valence-electron chi connectivity index (χ3n) is 4.17. The van der Waals surface area contributed by atoms with Crippen LogP contribution in [0, 0.1) is 11.2 Å². The Kier molecular flexibility index (Phi) is 2.52. The number of hydrogen-bond acceptors (Lipinski definition) is 3. The summed E-state index contributed by atoms with van der Waals surface area (Å²) in [5, 5.41) is 0. The van der Waals surface area contributed by atoms with Gasteiger partial charge in [-0.15, -0.1) is 0 Å². The minimum atomic E-state index is -0.204. The van der Waals surface area contributed by atoms with E-state index in [9.17, 15) is 4.39 Å². The van der Waals surface area contributed by atoms with Gasteiger partial charge in [-0.05, 0) is 32.0 Å². The number of nitrogens with two attached hydrogens (primary N) is 1. The van der Waals surface area contributed by atoms with Crippen molar-refractivity contribution >= 4 is 11.4 Å². The van der Waals surface area contributed by atoms with Crippen LogP contribution in [-0.4, -0.2) is 37.1 Å². The Morgan fingerprint density at radius 3 is 2.44 bits per heavy atom. The van der Waals surface area contributed by atoms with Gasteiger partial charge < -0.3 is 10.6 Å². The van der Waals surface area contributed by atoms with E-state index in [0.717, 1.165) is 26.2 Å². The van der Waals surface area contributed by atoms with Gasteiger partial charge in [0.2, 0.25) is 0 Å². The SMILES string of the molecule is CC(C)N1CC2(CN(c3ccc(N)cc3F)C2)C1. The van der Waals surface area contributed by atoms with Gasteiger partial charge in [-0.1, -0.05) is 0 Å². The molecule has 2 fully saturated rings. The highest BCUT2D eigenvalue weighted by molar-refractivity contribution is 5.57. The molecule has 2 heterocycles.